The minimum atomic E-state index is -0.0470. The maximum atomic E-state index is 12.7. The Morgan fingerprint density at radius 1 is 1.03 bits per heavy atom. The summed E-state index contributed by atoms with van der Waals surface area (Å²) in [5.41, 5.74) is 5.91. The van der Waals surface area contributed by atoms with Gasteiger partial charge in [0.05, 0.1) is 27.4 Å². The molecule has 1 unspecified atom stereocenters. The van der Waals surface area contributed by atoms with Gasteiger partial charge in [-0.2, -0.15) is 5.10 Å². The van der Waals surface area contributed by atoms with Crippen LogP contribution in [-0.2, 0) is 4.79 Å². The Morgan fingerprint density at radius 2 is 1.81 bits per heavy atom. The van der Waals surface area contributed by atoms with E-state index in [1.54, 1.807) is 16.4 Å². The van der Waals surface area contributed by atoms with Crippen LogP contribution in [0.3, 0.4) is 0 Å². The fourth-order valence-electron chi connectivity index (χ4n) is 3.91. The third-order valence-electron chi connectivity index (χ3n) is 5.30. The highest BCUT2D eigenvalue weighted by Gasteiger charge is 2.32. The molecule has 0 fully saturated rings. The Bertz CT molecular complexity index is 1270. The van der Waals surface area contributed by atoms with E-state index in [1.807, 2.05) is 54.6 Å². The quantitative estimate of drug-likeness (QED) is 0.404. The van der Waals surface area contributed by atoms with Crippen LogP contribution in [0.5, 0.6) is 0 Å². The summed E-state index contributed by atoms with van der Waals surface area (Å²) < 4.78 is 1.77. The highest BCUT2D eigenvalue weighted by atomic mass is 35.5. The first-order valence-corrected chi connectivity index (χ1v) is 11.5. The van der Waals surface area contributed by atoms with Crippen molar-refractivity contribution in [1.29, 1.82) is 0 Å². The molecule has 0 bridgehead atoms. The van der Waals surface area contributed by atoms with Gasteiger partial charge in [-0.15, -0.1) is 11.8 Å². The molecule has 2 heterocycles. The van der Waals surface area contributed by atoms with Crippen molar-refractivity contribution in [3.63, 3.8) is 0 Å². The van der Waals surface area contributed by atoms with Crippen molar-refractivity contribution in [2.24, 2.45) is 0 Å². The Morgan fingerprint density at radius 3 is 2.58 bits per heavy atom. The second-order valence-electron chi connectivity index (χ2n) is 7.49. The van der Waals surface area contributed by atoms with Crippen LogP contribution in [0.1, 0.15) is 21.9 Å². The lowest BCUT2D eigenvalue weighted by molar-refractivity contribution is -0.113. The fraction of sp³-hybridized carbons (Fsp3) is 0.120. The van der Waals surface area contributed by atoms with Crippen LogP contribution in [0.2, 0.25) is 5.02 Å². The van der Waals surface area contributed by atoms with Crippen LogP contribution in [0, 0.1) is 6.92 Å². The van der Waals surface area contributed by atoms with Gasteiger partial charge in [0.15, 0.2) is 0 Å². The van der Waals surface area contributed by atoms with Crippen molar-refractivity contribution in [2.45, 2.75) is 12.2 Å². The molecule has 1 aromatic heterocycles. The lowest BCUT2D eigenvalue weighted by atomic mass is 9.99. The van der Waals surface area contributed by atoms with Gasteiger partial charge in [-0.1, -0.05) is 83.9 Å². The molecule has 4 nitrogen and oxygen atoms in total. The first-order valence-electron chi connectivity index (χ1n) is 10.0. The summed E-state index contributed by atoms with van der Waals surface area (Å²) in [6.07, 6.45) is 0. The van der Waals surface area contributed by atoms with Gasteiger partial charge in [-0.3, -0.25) is 4.79 Å². The maximum absolute atomic E-state index is 12.7. The van der Waals surface area contributed by atoms with Crippen molar-refractivity contribution in [2.75, 3.05) is 11.1 Å². The molecule has 5 rings (SSSR count). The molecular weight excluding hydrogens is 426 g/mol. The van der Waals surface area contributed by atoms with Crippen molar-refractivity contribution >= 4 is 35.1 Å². The number of para-hydroxylation sites is 1. The number of anilines is 1. The summed E-state index contributed by atoms with van der Waals surface area (Å²) in [5, 5.41) is 8.61. The van der Waals surface area contributed by atoms with Crippen LogP contribution in [0.15, 0.2) is 78.9 Å². The monoisotopic (exact) mass is 445 g/mol. The Balaban J connectivity index is 1.81. The number of nitrogens with one attached hydrogen (secondary N) is 1. The first-order chi connectivity index (χ1) is 15.1. The van der Waals surface area contributed by atoms with E-state index in [2.05, 4.69) is 36.5 Å². The molecule has 0 radical (unpaired) electrons. The van der Waals surface area contributed by atoms with E-state index >= 15 is 0 Å². The molecule has 1 atom stereocenters. The van der Waals surface area contributed by atoms with Crippen LogP contribution < -0.4 is 5.32 Å². The van der Waals surface area contributed by atoms with Gasteiger partial charge in [0.25, 0.3) is 0 Å². The number of aryl methyl sites for hydroxylation is 1. The molecule has 4 aromatic rings. The predicted octanol–water partition coefficient (Wildman–Crippen LogP) is 6.28. The Labute approximate surface area is 190 Å². The molecule has 0 spiro atoms. The number of aromatic nitrogens is 2. The van der Waals surface area contributed by atoms with Crippen LogP contribution in [0.25, 0.3) is 16.9 Å². The summed E-state index contributed by atoms with van der Waals surface area (Å²) in [4.78, 5) is 12.7. The van der Waals surface area contributed by atoms with Gasteiger partial charge in [0.2, 0.25) is 5.91 Å². The average Bonchev–Trinajstić information content (AvgIpc) is 3.04. The first kappa shape index (κ1) is 19.9. The Hall–Kier alpha value is -3.02. The predicted molar refractivity (Wildman–Crippen MR) is 128 cm³/mol. The van der Waals surface area contributed by atoms with E-state index < -0.39 is 0 Å². The summed E-state index contributed by atoms with van der Waals surface area (Å²) in [5.74, 6) is 0.993. The van der Waals surface area contributed by atoms with E-state index in [-0.39, 0.29) is 11.2 Å². The molecule has 154 valence electrons. The largest absolute Gasteiger partial charge is 0.310 e. The average molecular weight is 446 g/mol. The van der Waals surface area contributed by atoms with Crippen molar-refractivity contribution in [3.8, 4) is 16.9 Å². The minimum Gasteiger partial charge on any atom is -0.310 e. The third-order valence-corrected chi connectivity index (χ3v) is 6.89. The topological polar surface area (TPSA) is 46.9 Å². The summed E-state index contributed by atoms with van der Waals surface area (Å²) in [6, 6.07) is 26.1. The summed E-state index contributed by atoms with van der Waals surface area (Å²) >= 11 is 8.15. The number of halogens is 1. The van der Waals surface area contributed by atoms with E-state index in [0.717, 1.165) is 28.1 Å². The third kappa shape index (κ3) is 3.75. The summed E-state index contributed by atoms with van der Waals surface area (Å²) in [6.45, 7) is 2.08. The number of rotatable bonds is 3. The van der Waals surface area contributed by atoms with Gasteiger partial charge in [-0.05, 0) is 24.6 Å². The molecule has 3 aromatic carbocycles. The smallest absolute Gasteiger partial charge is 0.235 e. The molecule has 0 saturated carbocycles. The standard InChI is InChI=1S/C25H20ClN3OS/c1-16-8-7-11-18(14-16)24-22-23(17-9-3-2-4-10-17)28-29(20-13-6-5-12-19(20)26)25(22)27-21(30)15-31-24/h2-14,24H,15H2,1H3,(H,27,30). The molecule has 0 saturated heterocycles. The molecule has 6 heteroatoms. The highest BCUT2D eigenvalue weighted by molar-refractivity contribution is 8.00. The zero-order chi connectivity index (χ0) is 21.4. The molecule has 0 aliphatic carbocycles. The van der Waals surface area contributed by atoms with Crippen LogP contribution in [0.4, 0.5) is 5.82 Å². The normalized spacial score (nSPS) is 15.8. The number of hydrogen-bond donors (Lipinski definition) is 1. The maximum Gasteiger partial charge on any atom is 0.235 e. The number of hydrogen-bond acceptors (Lipinski definition) is 3. The second kappa shape index (κ2) is 8.25. The number of nitrogens with zero attached hydrogens (tertiary/aromatic N) is 2. The lowest BCUT2D eigenvalue weighted by Gasteiger charge is -2.17. The fourth-order valence-corrected chi connectivity index (χ4v) is 5.25. The van der Waals surface area contributed by atoms with E-state index in [4.69, 9.17) is 16.7 Å². The number of fused-ring (bicyclic) bond motifs is 1. The second-order valence-corrected chi connectivity index (χ2v) is 8.99. The summed E-state index contributed by atoms with van der Waals surface area (Å²) in [7, 11) is 0. The van der Waals surface area contributed by atoms with Crippen LogP contribution in [-0.4, -0.2) is 21.4 Å². The van der Waals surface area contributed by atoms with Crippen molar-refractivity contribution < 1.29 is 4.79 Å². The molecular formula is C25H20ClN3OS. The number of carbonyl (C=O) groups excluding carboxylic acids is 1. The molecule has 31 heavy (non-hydrogen) atoms. The zero-order valence-electron chi connectivity index (χ0n) is 16.9. The zero-order valence-corrected chi connectivity index (χ0v) is 18.5. The Kier molecular flexibility index (Phi) is 5.30. The lowest BCUT2D eigenvalue weighted by Crippen LogP contribution is -2.16. The molecule has 1 N–H and O–H groups in total. The highest BCUT2D eigenvalue weighted by Crippen LogP contribution is 2.47. The van der Waals surface area contributed by atoms with Gasteiger partial charge in [-0.25, -0.2) is 4.68 Å². The number of thioether (sulfide) groups is 1. The van der Waals surface area contributed by atoms with Crippen molar-refractivity contribution in [1.82, 2.24) is 9.78 Å². The van der Waals surface area contributed by atoms with Gasteiger partial charge >= 0.3 is 0 Å². The van der Waals surface area contributed by atoms with Gasteiger partial charge < -0.3 is 5.32 Å². The van der Waals surface area contributed by atoms with Crippen LogP contribution >= 0.6 is 23.4 Å². The van der Waals surface area contributed by atoms with E-state index in [9.17, 15) is 4.79 Å². The number of benzene rings is 3. The molecule has 1 aliphatic rings. The van der Waals surface area contributed by atoms with E-state index in [1.165, 1.54) is 5.56 Å². The number of amides is 1. The van der Waals surface area contributed by atoms with E-state index in [0.29, 0.717) is 16.6 Å². The molecule has 1 aliphatic heterocycles. The van der Waals surface area contributed by atoms with Crippen molar-refractivity contribution in [3.05, 3.63) is 101 Å². The SMILES string of the molecule is Cc1cccc(C2SCC(=O)Nc3c2c(-c2ccccc2)nn3-c2ccccc2Cl)c1. The van der Waals surface area contributed by atoms with Gasteiger partial charge in [0.1, 0.15) is 5.82 Å². The minimum absolute atomic E-state index is 0.0414. The molecule has 1 amide bonds. The number of carbonyl (C=O) groups is 1. The van der Waals surface area contributed by atoms with Gasteiger partial charge in [0, 0.05) is 11.1 Å².